The lowest BCUT2D eigenvalue weighted by Crippen LogP contribution is -2.32. The van der Waals surface area contributed by atoms with Crippen molar-refractivity contribution in [2.75, 3.05) is 13.1 Å². The van der Waals surface area contributed by atoms with Crippen molar-refractivity contribution in [1.82, 2.24) is 5.32 Å². The maximum atomic E-state index is 11.5. The van der Waals surface area contributed by atoms with Crippen molar-refractivity contribution in [2.45, 2.75) is 59.3 Å². The zero-order chi connectivity index (χ0) is 12.4. The van der Waals surface area contributed by atoms with Crippen LogP contribution >= 0.6 is 0 Å². The fourth-order valence-corrected chi connectivity index (χ4v) is 1.83. The number of hydrogen-bond donors (Lipinski definition) is 2. The van der Waals surface area contributed by atoms with E-state index in [0.717, 1.165) is 6.42 Å². The molecule has 0 unspecified atom stereocenters. The van der Waals surface area contributed by atoms with Gasteiger partial charge in [0.2, 0.25) is 5.91 Å². The van der Waals surface area contributed by atoms with Crippen LogP contribution in [-0.2, 0) is 4.79 Å². The molecule has 0 radical (unpaired) electrons. The van der Waals surface area contributed by atoms with Gasteiger partial charge < -0.3 is 11.1 Å². The molecule has 3 N–H and O–H groups in total. The summed E-state index contributed by atoms with van der Waals surface area (Å²) in [6.45, 7) is 7.65. The number of unbranched alkanes of at least 4 members (excludes halogenated alkanes) is 3. The van der Waals surface area contributed by atoms with Gasteiger partial charge in [-0.2, -0.15) is 0 Å². The van der Waals surface area contributed by atoms with E-state index < -0.39 is 0 Å². The van der Waals surface area contributed by atoms with Crippen LogP contribution in [-0.4, -0.2) is 19.0 Å². The van der Waals surface area contributed by atoms with Gasteiger partial charge in [-0.1, -0.05) is 46.5 Å². The van der Waals surface area contributed by atoms with Gasteiger partial charge in [0.25, 0.3) is 0 Å². The third-order valence-electron chi connectivity index (χ3n) is 2.81. The van der Waals surface area contributed by atoms with Gasteiger partial charge >= 0.3 is 0 Å². The average Bonchev–Trinajstić information content (AvgIpc) is 2.21. The molecule has 0 aromatic heterocycles. The molecule has 0 atom stereocenters. The number of nitrogens with two attached hydrogens (primary N) is 1. The lowest BCUT2D eigenvalue weighted by Gasteiger charge is -2.23. The van der Waals surface area contributed by atoms with E-state index >= 15 is 0 Å². The smallest absolute Gasteiger partial charge is 0.220 e. The van der Waals surface area contributed by atoms with Crippen LogP contribution in [0.5, 0.6) is 0 Å². The van der Waals surface area contributed by atoms with Crippen LogP contribution in [0.25, 0.3) is 0 Å². The summed E-state index contributed by atoms with van der Waals surface area (Å²) in [4.78, 5) is 11.5. The molecule has 16 heavy (non-hydrogen) atoms. The van der Waals surface area contributed by atoms with Gasteiger partial charge in [-0.25, -0.2) is 0 Å². The Morgan fingerprint density at radius 1 is 1.25 bits per heavy atom. The van der Waals surface area contributed by atoms with Crippen LogP contribution in [0.1, 0.15) is 59.3 Å². The number of carbonyl (C=O) groups excluding carboxylic acids is 1. The second-order valence-corrected chi connectivity index (χ2v) is 5.29. The highest BCUT2D eigenvalue weighted by atomic mass is 16.1. The van der Waals surface area contributed by atoms with Gasteiger partial charge in [-0.3, -0.25) is 4.79 Å². The highest BCUT2D eigenvalue weighted by Crippen LogP contribution is 2.27. The van der Waals surface area contributed by atoms with Gasteiger partial charge in [0.1, 0.15) is 0 Å². The predicted molar refractivity (Wildman–Crippen MR) is 69.2 cm³/mol. The first-order valence-corrected chi connectivity index (χ1v) is 6.48. The summed E-state index contributed by atoms with van der Waals surface area (Å²) in [7, 11) is 0. The van der Waals surface area contributed by atoms with Crippen molar-refractivity contribution in [3.05, 3.63) is 0 Å². The van der Waals surface area contributed by atoms with Crippen LogP contribution in [0, 0.1) is 5.41 Å². The van der Waals surface area contributed by atoms with Gasteiger partial charge in [0.05, 0.1) is 0 Å². The molecular formula is C13H28N2O. The van der Waals surface area contributed by atoms with Gasteiger partial charge in [0, 0.05) is 19.5 Å². The summed E-state index contributed by atoms with van der Waals surface area (Å²) in [5.41, 5.74) is 5.46. The van der Waals surface area contributed by atoms with Crippen LogP contribution in [0.4, 0.5) is 0 Å². The zero-order valence-corrected chi connectivity index (χ0v) is 11.1. The molecule has 0 aromatic rings. The van der Waals surface area contributed by atoms with Crippen molar-refractivity contribution < 1.29 is 4.79 Å². The first kappa shape index (κ1) is 15.4. The summed E-state index contributed by atoms with van der Waals surface area (Å²) in [5, 5.41) is 2.83. The third kappa shape index (κ3) is 8.72. The first-order valence-electron chi connectivity index (χ1n) is 6.48. The Hall–Kier alpha value is -0.570. The maximum absolute atomic E-state index is 11.5. The van der Waals surface area contributed by atoms with Crippen LogP contribution in [0.2, 0.25) is 0 Å². The highest BCUT2D eigenvalue weighted by Gasteiger charge is 2.20. The Bertz CT molecular complexity index is 190. The normalized spacial score (nSPS) is 11.5. The number of carbonyl (C=O) groups is 1. The lowest BCUT2D eigenvalue weighted by molar-refractivity contribution is -0.123. The monoisotopic (exact) mass is 228 g/mol. The van der Waals surface area contributed by atoms with Crippen molar-refractivity contribution in [3.63, 3.8) is 0 Å². The topological polar surface area (TPSA) is 55.1 Å². The number of rotatable bonds is 9. The average molecular weight is 228 g/mol. The molecule has 0 aliphatic heterocycles. The molecule has 0 bridgehead atoms. The Balaban J connectivity index is 3.71. The van der Waals surface area contributed by atoms with Gasteiger partial charge in [-0.05, 0) is 11.8 Å². The van der Waals surface area contributed by atoms with E-state index in [1.165, 1.54) is 25.7 Å². The number of amides is 1. The predicted octanol–water partition coefficient (Wildman–Crippen LogP) is 2.45. The van der Waals surface area contributed by atoms with E-state index in [9.17, 15) is 4.79 Å². The number of hydrogen-bond acceptors (Lipinski definition) is 2. The number of nitrogens with one attached hydrogen (secondary N) is 1. The second kappa shape index (κ2) is 8.57. The fourth-order valence-electron chi connectivity index (χ4n) is 1.83. The minimum Gasteiger partial charge on any atom is -0.355 e. The molecule has 0 saturated carbocycles. The Labute approximate surface area is 100 Å². The zero-order valence-electron chi connectivity index (χ0n) is 11.1. The summed E-state index contributed by atoms with van der Waals surface area (Å²) < 4.78 is 0. The molecule has 0 fully saturated rings. The van der Waals surface area contributed by atoms with E-state index in [0.29, 0.717) is 19.5 Å². The molecule has 0 aliphatic rings. The molecule has 0 saturated heterocycles. The lowest BCUT2D eigenvalue weighted by atomic mass is 9.83. The van der Waals surface area contributed by atoms with E-state index in [2.05, 4.69) is 26.1 Å². The largest absolute Gasteiger partial charge is 0.355 e. The molecule has 0 aliphatic carbocycles. The van der Waals surface area contributed by atoms with Crippen molar-refractivity contribution in [3.8, 4) is 0 Å². The SMILES string of the molecule is CCCCCCC(C)(C)CC(=O)NCCN. The highest BCUT2D eigenvalue weighted by molar-refractivity contribution is 5.76. The third-order valence-corrected chi connectivity index (χ3v) is 2.81. The van der Waals surface area contributed by atoms with Crippen molar-refractivity contribution >= 4 is 5.91 Å². The molecule has 0 rings (SSSR count). The standard InChI is InChI=1S/C13H28N2O/c1-4-5-6-7-8-13(2,3)11-12(16)15-10-9-14/h4-11,14H2,1-3H3,(H,15,16). The molecule has 3 nitrogen and oxygen atoms in total. The maximum Gasteiger partial charge on any atom is 0.220 e. The molecular weight excluding hydrogens is 200 g/mol. The minimum atomic E-state index is 0.117. The van der Waals surface area contributed by atoms with E-state index in [4.69, 9.17) is 5.73 Å². The summed E-state index contributed by atoms with van der Waals surface area (Å²) >= 11 is 0. The Morgan fingerprint density at radius 3 is 2.50 bits per heavy atom. The van der Waals surface area contributed by atoms with Crippen LogP contribution in [0.3, 0.4) is 0 Å². The molecule has 96 valence electrons. The molecule has 0 spiro atoms. The van der Waals surface area contributed by atoms with Gasteiger partial charge in [0.15, 0.2) is 0 Å². The Morgan fingerprint density at radius 2 is 1.94 bits per heavy atom. The first-order chi connectivity index (χ1) is 7.52. The van der Waals surface area contributed by atoms with Crippen LogP contribution < -0.4 is 11.1 Å². The van der Waals surface area contributed by atoms with E-state index in [1.807, 2.05) is 0 Å². The quantitative estimate of drug-likeness (QED) is 0.596. The van der Waals surface area contributed by atoms with Crippen molar-refractivity contribution in [2.24, 2.45) is 11.1 Å². The van der Waals surface area contributed by atoms with Gasteiger partial charge in [-0.15, -0.1) is 0 Å². The van der Waals surface area contributed by atoms with E-state index in [1.54, 1.807) is 0 Å². The van der Waals surface area contributed by atoms with Crippen molar-refractivity contribution in [1.29, 1.82) is 0 Å². The molecule has 1 amide bonds. The van der Waals surface area contributed by atoms with Crippen LogP contribution in [0.15, 0.2) is 0 Å². The second-order valence-electron chi connectivity index (χ2n) is 5.29. The molecule has 3 heteroatoms. The summed E-state index contributed by atoms with van der Waals surface area (Å²) in [5.74, 6) is 0.131. The Kier molecular flexibility index (Phi) is 8.26. The fraction of sp³-hybridized carbons (Fsp3) is 0.923. The molecule has 0 heterocycles. The van der Waals surface area contributed by atoms with E-state index in [-0.39, 0.29) is 11.3 Å². The molecule has 0 aromatic carbocycles. The summed E-state index contributed by atoms with van der Waals surface area (Å²) in [6.07, 6.45) is 6.81. The summed E-state index contributed by atoms with van der Waals surface area (Å²) in [6, 6.07) is 0. The minimum absolute atomic E-state index is 0.117.